The third kappa shape index (κ3) is 2.90. The summed E-state index contributed by atoms with van der Waals surface area (Å²) in [6, 6.07) is -0.638. The fraction of sp³-hybridized carbons (Fsp3) is 0.818. The fourth-order valence-electron chi connectivity index (χ4n) is 1.86. The molecule has 0 aromatic rings. The van der Waals surface area contributed by atoms with Crippen molar-refractivity contribution in [2.45, 2.75) is 45.0 Å². The monoisotopic (exact) mass is 245 g/mol. The average molecular weight is 245 g/mol. The lowest BCUT2D eigenvalue weighted by atomic mass is 10.1. The van der Waals surface area contributed by atoms with Crippen LogP contribution >= 0.6 is 11.8 Å². The molecule has 0 saturated carbocycles. The molecule has 16 heavy (non-hydrogen) atoms. The van der Waals surface area contributed by atoms with Gasteiger partial charge in [0.05, 0.1) is 5.37 Å². The highest BCUT2D eigenvalue weighted by Gasteiger charge is 2.40. The van der Waals surface area contributed by atoms with Crippen LogP contribution in [0.1, 0.15) is 33.6 Å². The maximum absolute atomic E-state index is 11.8. The zero-order valence-corrected chi connectivity index (χ0v) is 10.8. The Labute approximate surface area is 100 Å². The number of hydrogen-bond acceptors (Lipinski definition) is 3. The molecule has 1 N–H and O–H groups in total. The van der Waals surface area contributed by atoms with Crippen LogP contribution < -0.4 is 0 Å². The predicted octanol–water partition coefficient (Wildman–Crippen LogP) is 1.80. The van der Waals surface area contributed by atoms with Crippen LogP contribution in [-0.2, 0) is 9.59 Å². The second-order valence-corrected chi connectivity index (χ2v) is 5.64. The third-order valence-electron chi connectivity index (χ3n) is 2.64. The normalized spacial score (nSPS) is 25.1. The molecule has 1 saturated heterocycles. The Balaban J connectivity index is 2.79. The topological polar surface area (TPSA) is 57.6 Å². The van der Waals surface area contributed by atoms with Gasteiger partial charge in [0.25, 0.3) is 0 Å². The van der Waals surface area contributed by atoms with E-state index in [0.717, 1.165) is 6.42 Å². The van der Waals surface area contributed by atoms with E-state index >= 15 is 0 Å². The molecule has 0 spiro atoms. The summed E-state index contributed by atoms with van der Waals surface area (Å²) in [7, 11) is 0. The summed E-state index contributed by atoms with van der Waals surface area (Å²) >= 11 is 1.58. The Hall–Kier alpha value is -0.710. The van der Waals surface area contributed by atoms with E-state index in [-0.39, 0.29) is 11.3 Å². The quantitative estimate of drug-likeness (QED) is 0.820. The van der Waals surface area contributed by atoms with Gasteiger partial charge in [-0.15, -0.1) is 11.8 Å². The Bertz CT molecular complexity index is 280. The number of rotatable bonds is 4. The van der Waals surface area contributed by atoms with Crippen molar-refractivity contribution in [2.75, 3.05) is 5.75 Å². The average Bonchev–Trinajstić information content (AvgIpc) is 2.59. The molecular weight excluding hydrogens is 226 g/mol. The SMILES string of the molecule is CCC(=O)N1[C@H](CC(C)C)SC[C@@H]1C(=O)O. The van der Waals surface area contributed by atoms with E-state index < -0.39 is 12.0 Å². The molecule has 5 heteroatoms. The first-order valence-electron chi connectivity index (χ1n) is 5.63. The van der Waals surface area contributed by atoms with Gasteiger partial charge in [-0.05, 0) is 12.3 Å². The molecule has 1 amide bonds. The summed E-state index contributed by atoms with van der Waals surface area (Å²) in [6.07, 6.45) is 1.24. The summed E-state index contributed by atoms with van der Waals surface area (Å²) in [4.78, 5) is 24.4. The molecule has 1 aliphatic rings. The smallest absolute Gasteiger partial charge is 0.327 e. The minimum absolute atomic E-state index is 0.0357. The first-order chi connectivity index (χ1) is 7.47. The van der Waals surface area contributed by atoms with Crippen molar-refractivity contribution in [3.63, 3.8) is 0 Å². The molecule has 0 radical (unpaired) electrons. The fourth-order valence-corrected chi connectivity index (χ4v) is 3.51. The number of hydrogen-bond donors (Lipinski definition) is 1. The van der Waals surface area contributed by atoms with E-state index in [0.29, 0.717) is 18.1 Å². The van der Waals surface area contributed by atoms with Crippen LogP contribution in [-0.4, -0.2) is 39.1 Å². The van der Waals surface area contributed by atoms with Crippen LogP contribution in [0.2, 0.25) is 0 Å². The maximum atomic E-state index is 11.8. The first kappa shape index (κ1) is 13.4. The Morgan fingerprint density at radius 3 is 2.56 bits per heavy atom. The van der Waals surface area contributed by atoms with E-state index in [9.17, 15) is 9.59 Å². The number of amides is 1. The van der Waals surface area contributed by atoms with Gasteiger partial charge in [-0.3, -0.25) is 4.79 Å². The van der Waals surface area contributed by atoms with Crippen LogP contribution in [0, 0.1) is 5.92 Å². The molecule has 0 aliphatic carbocycles. The molecule has 2 atom stereocenters. The van der Waals surface area contributed by atoms with Crippen LogP contribution in [0.25, 0.3) is 0 Å². The van der Waals surface area contributed by atoms with E-state index in [4.69, 9.17) is 5.11 Å². The molecule has 4 nitrogen and oxygen atoms in total. The summed E-state index contributed by atoms with van der Waals surface area (Å²) in [5, 5.41) is 9.11. The van der Waals surface area contributed by atoms with Gasteiger partial charge in [0.1, 0.15) is 6.04 Å². The molecule has 1 aliphatic heterocycles. The number of nitrogens with zero attached hydrogens (tertiary/aromatic N) is 1. The second-order valence-electron chi connectivity index (χ2n) is 4.43. The Morgan fingerprint density at radius 2 is 2.12 bits per heavy atom. The molecule has 92 valence electrons. The van der Waals surface area contributed by atoms with E-state index in [1.54, 1.807) is 23.6 Å². The molecule has 0 unspecified atom stereocenters. The zero-order chi connectivity index (χ0) is 12.3. The molecule has 0 bridgehead atoms. The molecule has 1 rings (SSSR count). The summed E-state index contributed by atoms with van der Waals surface area (Å²) < 4.78 is 0. The molecule has 0 aromatic carbocycles. The highest BCUT2D eigenvalue weighted by molar-refractivity contribution is 8.00. The Kier molecular flexibility index (Phi) is 4.65. The number of carbonyl (C=O) groups excluding carboxylic acids is 1. The molecule has 1 heterocycles. The van der Waals surface area contributed by atoms with E-state index in [1.807, 2.05) is 0 Å². The number of carbonyl (C=O) groups is 2. The molecule has 0 aromatic heterocycles. The summed E-state index contributed by atoms with van der Waals surface area (Å²) in [5.74, 6) is 0.0409. The minimum atomic E-state index is -0.888. The number of thioether (sulfide) groups is 1. The van der Waals surface area contributed by atoms with Gasteiger partial charge in [-0.25, -0.2) is 4.79 Å². The van der Waals surface area contributed by atoms with Crippen LogP contribution in [0.15, 0.2) is 0 Å². The summed E-state index contributed by atoms with van der Waals surface area (Å²) in [6.45, 7) is 5.95. The minimum Gasteiger partial charge on any atom is -0.480 e. The molecule has 1 fully saturated rings. The van der Waals surface area contributed by atoms with Crippen molar-refractivity contribution in [3.8, 4) is 0 Å². The van der Waals surface area contributed by atoms with Crippen molar-refractivity contribution < 1.29 is 14.7 Å². The van der Waals surface area contributed by atoms with Crippen molar-refractivity contribution in [3.05, 3.63) is 0 Å². The van der Waals surface area contributed by atoms with Gasteiger partial charge in [-0.2, -0.15) is 0 Å². The van der Waals surface area contributed by atoms with Gasteiger partial charge in [0, 0.05) is 12.2 Å². The van der Waals surface area contributed by atoms with Gasteiger partial charge in [0.2, 0.25) is 5.91 Å². The number of carboxylic acids is 1. The largest absolute Gasteiger partial charge is 0.480 e. The lowest BCUT2D eigenvalue weighted by Crippen LogP contribution is -2.45. The van der Waals surface area contributed by atoms with Crippen molar-refractivity contribution in [1.82, 2.24) is 4.90 Å². The van der Waals surface area contributed by atoms with Gasteiger partial charge in [-0.1, -0.05) is 20.8 Å². The van der Waals surface area contributed by atoms with Gasteiger partial charge >= 0.3 is 5.97 Å². The number of carboxylic acid groups (broad SMARTS) is 1. The Morgan fingerprint density at radius 1 is 1.50 bits per heavy atom. The van der Waals surface area contributed by atoms with Crippen molar-refractivity contribution in [2.24, 2.45) is 5.92 Å². The highest BCUT2D eigenvalue weighted by Crippen LogP contribution is 2.33. The van der Waals surface area contributed by atoms with Gasteiger partial charge in [0.15, 0.2) is 0 Å². The van der Waals surface area contributed by atoms with E-state index in [2.05, 4.69) is 13.8 Å². The van der Waals surface area contributed by atoms with Crippen molar-refractivity contribution >= 4 is 23.6 Å². The molecular formula is C11H19NO3S. The third-order valence-corrected chi connectivity index (χ3v) is 3.95. The standard InChI is InChI=1S/C11H19NO3S/c1-4-9(13)12-8(11(14)15)6-16-10(12)5-7(2)3/h7-8,10H,4-6H2,1-3H3,(H,14,15)/t8-,10+/m1/s1. The van der Waals surface area contributed by atoms with Crippen LogP contribution in [0.4, 0.5) is 0 Å². The zero-order valence-electron chi connectivity index (χ0n) is 9.97. The van der Waals surface area contributed by atoms with Crippen LogP contribution in [0.3, 0.4) is 0 Å². The first-order valence-corrected chi connectivity index (χ1v) is 6.67. The predicted molar refractivity (Wildman–Crippen MR) is 64.3 cm³/mol. The van der Waals surface area contributed by atoms with Crippen LogP contribution in [0.5, 0.6) is 0 Å². The summed E-state index contributed by atoms with van der Waals surface area (Å²) in [5.41, 5.74) is 0. The van der Waals surface area contributed by atoms with Gasteiger partial charge < -0.3 is 10.0 Å². The highest BCUT2D eigenvalue weighted by atomic mass is 32.2. The second kappa shape index (κ2) is 5.57. The number of aliphatic carboxylic acids is 1. The maximum Gasteiger partial charge on any atom is 0.327 e. The lowest BCUT2D eigenvalue weighted by Gasteiger charge is -2.28. The van der Waals surface area contributed by atoms with Crippen molar-refractivity contribution in [1.29, 1.82) is 0 Å². The van der Waals surface area contributed by atoms with E-state index in [1.165, 1.54) is 0 Å². The lowest BCUT2D eigenvalue weighted by molar-refractivity contribution is -0.149.